The van der Waals surface area contributed by atoms with Crippen LogP contribution >= 0.6 is 0 Å². The molecule has 0 bridgehead atoms. The van der Waals surface area contributed by atoms with Gasteiger partial charge in [-0.15, -0.1) is 0 Å². The van der Waals surface area contributed by atoms with Gasteiger partial charge in [-0.1, -0.05) is 11.6 Å². The highest BCUT2D eigenvalue weighted by atomic mass is 19.1. The maximum atomic E-state index is 13.9. The summed E-state index contributed by atoms with van der Waals surface area (Å²) < 4.78 is 15.3. The number of nitrogens with one attached hydrogen (secondary N) is 2. The summed E-state index contributed by atoms with van der Waals surface area (Å²) in [6.45, 7) is 1.84. The molecule has 8 heteroatoms. The number of aryl methyl sites for hydroxylation is 2. The molecule has 2 N–H and O–H groups in total. The molecule has 1 aromatic carbocycles. The van der Waals surface area contributed by atoms with Crippen LogP contribution in [0.3, 0.4) is 0 Å². The van der Waals surface area contributed by atoms with E-state index in [1.165, 1.54) is 29.2 Å². The van der Waals surface area contributed by atoms with Crippen LogP contribution in [-0.4, -0.2) is 31.7 Å². The summed E-state index contributed by atoms with van der Waals surface area (Å²) in [4.78, 5) is 23.9. The second-order valence-corrected chi connectivity index (χ2v) is 5.34. The first-order valence-corrected chi connectivity index (χ1v) is 7.10. The molecule has 0 unspecified atom stereocenters. The van der Waals surface area contributed by atoms with E-state index in [0.717, 1.165) is 5.56 Å². The lowest BCUT2D eigenvalue weighted by Gasteiger charge is -2.01. The van der Waals surface area contributed by atoms with Crippen LogP contribution in [0.1, 0.15) is 15.9 Å². The fourth-order valence-corrected chi connectivity index (χ4v) is 2.21. The zero-order valence-electron chi connectivity index (χ0n) is 13.0. The topological polar surface area (TPSA) is 92.7 Å². The molecule has 0 aliphatic heterocycles. The van der Waals surface area contributed by atoms with Crippen molar-refractivity contribution in [1.82, 2.24) is 20.0 Å². The highest BCUT2D eigenvalue weighted by molar-refractivity contribution is 6.46. The Labute approximate surface area is 136 Å². The minimum atomic E-state index is -0.842. The number of ketones is 1. The first-order valence-electron chi connectivity index (χ1n) is 7.10. The van der Waals surface area contributed by atoms with Crippen molar-refractivity contribution in [2.45, 2.75) is 6.92 Å². The van der Waals surface area contributed by atoms with Crippen molar-refractivity contribution in [3.05, 3.63) is 53.6 Å². The number of rotatable bonds is 4. The van der Waals surface area contributed by atoms with Crippen molar-refractivity contribution in [2.24, 2.45) is 7.05 Å². The van der Waals surface area contributed by atoms with E-state index < -0.39 is 17.5 Å². The molecule has 1 amide bonds. The summed E-state index contributed by atoms with van der Waals surface area (Å²) in [6.07, 6.45) is 2.75. The number of aromatic nitrogens is 4. The van der Waals surface area contributed by atoms with Gasteiger partial charge >= 0.3 is 0 Å². The Morgan fingerprint density at radius 1 is 1.29 bits per heavy atom. The molecule has 0 saturated heterocycles. The van der Waals surface area contributed by atoms with E-state index in [0.29, 0.717) is 11.3 Å². The Hall–Kier alpha value is -3.29. The van der Waals surface area contributed by atoms with Crippen LogP contribution in [0.4, 0.5) is 10.2 Å². The van der Waals surface area contributed by atoms with Crippen LogP contribution in [0, 0.1) is 12.7 Å². The molecule has 0 atom stereocenters. The van der Waals surface area contributed by atoms with E-state index in [4.69, 9.17) is 0 Å². The Morgan fingerprint density at radius 2 is 2.08 bits per heavy atom. The number of Topliss-reactive ketones (excluding diaryl/α,β-unsaturated/α-hetero) is 1. The average molecular weight is 327 g/mol. The summed E-state index contributed by atoms with van der Waals surface area (Å²) in [6, 6.07) is 6.14. The van der Waals surface area contributed by atoms with Gasteiger partial charge in [0.05, 0.1) is 17.5 Å². The molecule has 7 nitrogen and oxygen atoms in total. The third kappa shape index (κ3) is 3.07. The van der Waals surface area contributed by atoms with Gasteiger partial charge in [-0.25, -0.2) is 4.39 Å². The summed E-state index contributed by atoms with van der Waals surface area (Å²) in [5.41, 5.74) is 1.80. The van der Waals surface area contributed by atoms with Gasteiger partial charge in [0.2, 0.25) is 0 Å². The van der Waals surface area contributed by atoms with Crippen molar-refractivity contribution in [3.63, 3.8) is 0 Å². The van der Waals surface area contributed by atoms with Crippen LogP contribution in [0.2, 0.25) is 0 Å². The minimum Gasteiger partial charge on any atom is -0.302 e. The third-order valence-electron chi connectivity index (χ3n) is 3.40. The molecule has 24 heavy (non-hydrogen) atoms. The smallest absolute Gasteiger partial charge is 0.298 e. The van der Waals surface area contributed by atoms with Crippen LogP contribution in [0.25, 0.3) is 11.3 Å². The van der Waals surface area contributed by atoms with Gasteiger partial charge in [-0.05, 0) is 19.1 Å². The van der Waals surface area contributed by atoms with Gasteiger partial charge < -0.3 is 5.32 Å². The third-order valence-corrected chi connectivity index (χ3v) is 3.40. The zero-order valence-corrected chi connectivity index (χ0v) is 13.0. The fourth-order valence-electron chi connectivity index (χ4n) is 2.21. The fraction of sp³-hybridized carbons (Fsp3) is 0.125. The minimum absolute atomic E-state index is 0.133. The van der Waals surface area contributed by atoms with E-state index in [9.17, 15) is 14.0 Å². The van der Waals surface area contributed by atoms with E-state index in [-0.39, 0.29) is 11.4 Å². The Morgan fingerprint density at radius 3 is 2.79 bits per heavy atom. The van der Waals surface area contributed by atoms with Crippen molar-refractivity contribution in [2.75, 3.05) is 5.32 Å². The van der Waals surface area contributed by atoms with Crippen molar-refractivity contribution in [3.8, 4) is 11.3 Å². The highest BCUT2D eigenvalue weighted by Gasteiger charge is 2.19. The van der Waals surface area contributed by atoms with Gasteiger partial charge in [-0.3, -0.25) is 19.4 Å². The molecule has 0 fully saturated rings. The SMILES string of the molecule is Cc1ccc(F)c(-c2cc(NC(=O)C(=O)c3cnn(C)c3)n[nH]2)c1. The molecule has 2 heterocycles. The number of hydrogen-bond donors (Lipinski definition) is 2. The Bertz CT molecular complexity index is 928. The van der Waals surface area contributed by atoms with Gasteiger partial charge in [-0.2, -0.15) is 10.2 Å². The summed E-state index contributed by atoms with van der Waals surface area (Å²) >= 11 is 0. The van der Waals surface area contributed by atoms with Gasteiger partial charge in [0, 0.05) is 24.9 Å². The predicted molar refractivity (Wildman–Crippen MR) is 84.9 cm³/mol. The van der Waals surface area contributed by atoms with Gasteiger partial charge in [0.15, 0.2) is 5.82 Å². The molecule has 122 valence electrons. The lowest BCUT2D eigenvalue weighted by atomic mass is 10.1. The second-order valence-electron chi connectivity index (χ2n) is 5.34. The molecule has 0 saturated carbocycles. The van der Waals surface area contributed by atoms with Crippen molar-refractivity contribution in [1.29, 1.82) is 0 Å². The number of amides is 1. The normalized spacial score (nSPS) is 10.6. The summed E-state index contributed by atoms with van der Waals surface area (Å²) in [5, 5.41) is 12.8. The number of aromatic amines is 1. The number of anilines is 1. The summed E-state index contributed by atoms with van der Waals surface area (Å²) in [5.74, 6) is -1.85. The number of hydrogen-bond acceptors (Lipinski definition) is 4. The van der Waals surface area contributed by atoms with Gasteiger partial charge in [0.25, 0.3) is 11.7 Å². The second kappa shape index (κ2) is 6.07. The average Bonchev–Trinajstić information content (AvgIpc) is 3.18. The highest BCUT2D eigenvalue weighted by Crippen LogP contribution is 2.24. The Balaban J connectivity index is 1.77. The van der Waals surface area contributed by atoms with E-state index in [1.807, 2.05) is 6.92 Å². The number of carbonyl (C=O) groups is 2. The molecule has 0 aliphatic carbocycles. The zero-order chi connectivity index (χ0) is 17.3. The number of halogens is 1. The quantitative estimate of drug-likeness (QED) is 0.567. The molecule has 0 spiro atoms. The maximum Gasteiger partial charge on any atom is 0.298 e. The first kappa shape index (κ1) is 15.6. The van der Waals surface area contributed by atoms with Crippen molar-refractivity contribution >= 4 is 17.5 Å². The summed E-state index contributed by atoms with van der Waals surface area (Å²) in [7, 11) is 1.64. The predicted octanol–water partition coefficient (Wildman–Crippen LogP) is 2.08. The molecule has 0 aliphatic rings. The molecule has 2 aromatic heterocycles. The standard InChI is InChI=1S/C16H14FN5O2/c1-9-3-4-12(17)11(5-9)13-6-14(21-20-13)19-16(24)15(23)10-7-18-22(2)8-10/h3-8H,1-2H3,(H2,19,20,21,24). The van der Waals surface area contributed by atoms with Crippen LogP contribution < -0.4 is 5.32 Å². The molecular weight excluding hydrogens is 313 g/mol. The lowest BCUT2D eigenvalue weighted by Crippen LogP contribution is -2.22. The van der Waals surface area contributed by atoms with E-state index in [2.05, 4.69) is 20.6 Å². The molecule has 3 rings (SSSR count). The first-order chi connectivity index (χ1) is 11.4. The largest absolute Gasteiger partial charge is 0.302 e. The van der Waals surface area contributed by atoms with Crippen molar-refractivity contribution < 1.29 is 14.0 Å². The maximum absolute atomic E-state index is 13.9. The van der Waals surface area contributed by atoms with Crippen LogP contribution in [0.5, 0.6) is 0 Å². The number of H-pyrrole nitrogens is 1. The molecular formula is C16H14FN5O2. The lowest BCUT2D eigenvalue weighted by molar-refractivity contribution is -0.112. The van der Waals surface area contributed by atoms with Crippen LogP contribution in [-0.2, 0) is 11.8 Å². The number of benzene rings is 1. The Kier molecular flexibility index (Phi) is 3.95. The van der Waals surface area contributed by atoms with E-state index in [1.54, 1.807) is 19.2 Å². The monoisotopic (exact) mass is 327 g/mol. The molecule has 0 radical (unpaired) electrons. The number of carbonyl (C=O) groups excluding carboxylic acids is 2. The number of nitrogens with zero attached hydrogens (tertiary/aromatic N) is 3. The van der Waals surface area contributed by atoms with Crippen LogP contribution in [0.15, 0.2) is 36.7 Å². The van der Waals surface area contributed by atoms with Gasteiger partial charge in [0.1, 0.15) is 5.82 Å². The van der Waals surface area contributed by atoms with E-state index >= 15 is 0 Å². The molecule has 3 aromatic rings.